The lowest BCUT2D eigenvalue weighted by Gasteiger charge is -2.10. The Balaban J connectivity index is 2.64. The van der Waals surface area contributed by atoms with Crippen molar-refractivity contribution in [2.24, 2.45) is 0 Å². The first kappa shape index (κ1) is 17.2. The van der Waals surface area contributed by atoms with E-state index in [9.17, 15) is 0 Å². The molecule has 0 aliphatic heterocycles. The number of benzene rings is 1. The van der Waals surface area contributed by atoms with Crippen LogP contribution in [0, 0.1) is 0 Å². The number of nitrogens with one attached hydrogen (secondary N) is 3. The Labute approximate surface area is 131 Å². The van der Waals surface area contributed by atoms with E-state index in [2.05, 4.69) is 22.8 Å². The summed E-state index contributed by atoms with van der Waals surface area (Å²) >= 11 is 5.05. The van der Waals surface area contributed by atoms with Crippen molar-refractivity contribution < 1.29 is 14.6 Å². The zero-order chi connectivity index (χ0) is 15.5. The maximum atomic E-state index is 5.69. The molecule has 0 heterocycles. The van der Waals surface area contributed by atoms with E-state index in [0.717, 1.165) is 36.4 Å². The second-order valence-corrected chi connectivity index (χ2v) is 4.79. The molecule has 1 aromatic rings. The van der Waals surface area contributed by atoms with E-state index in [4.69, 9.17) is 21.7 Å². The van der Waals surface area contributed by atoms with Crippen LogP contribution >= 0.6 is 12.2 Å². The van der Waals surface area contributed by atoms with Gasteiger partial charge in [-0.1, -0.05) is 13.3 Å². The molecule has 6 heteroatoms. The fourth-order valence-electron chi connectivity index (χ4n) is 1.61. The molecule has 116 valence electrons. The molecule has 5 nitrogen and oxygen atoms in total. The molecule has 3 N–H and O–H groups in total. The fourth-order valence-corrected chi connectivity index (χ4v) is 1.81. The second-order valence-electron chi connectivity index (χ2n) is 4.39. The maximum absolute atomic E-state index is 5.69. The summed E-state index contributed by atoms with van der Waals surface area (Å²) in [6, 6.07) is 5.77. The highest BCUT2D eigenvalue weighted by Gasteiger charge is 2.06. The van der Waals surface area contributed by atoms with Gasteiger partial charge in [-0.15, -0.1) is 10.5 Å². The van der Waals surface area contributed by atoms with E-state index in [0.29, 0.717) is 11.7 Å². The van der Waals surface area contributed by atoms with Crippen LogP contribution < -0.4 is 25.3 Å². The van der Waals surface area contributed by atoms with Crippen molar-refractivity contribution in [3.8, 4) is 11.5 Å². The number of hydrogen-bond donors (Lipinski definition) is 3. The Hall–Kier alpha value is -1.82. The quantitative estimate of drug-likeness (QED) is 0.287. The molecular weight excluding hydrogens is 286 g/mol. The van der Waals surface area contributed by atoms with Gasteiger partial charge in [0, 0.05) is 12.1 Å². The van der Waals surface area contributed by atoms with Crippen molar-refractivity contribution in [3.05, 3.63) is 23.8 Å². The number of hydrazone groups is 1. The van der Waals surface area contributed by atoms with Gasteiger partial charge in [0.25, 0.3) is 0 Å². The highest BCUT2D eigenvalue weighted by molar-refractivity contribution is 7.80. The van der Waals surface area contributed by atoms with Crippen LogP contribution in [0.1, 0.15) is 32.3 Å². The molecule has 1 rings (SSSR count). The molecule has 0 aliphatic rings. The summed E-state index contributed by atoms with van der Waals surface area (Å²) < 4.78 is 11.0. The first-order valence-electron chi connectivity index (χ1n) is 7.14. The summed E-state index contributed by atoms with van der Waals surface area (Å²) in [5, 5.41) is 6.48. The van der Waals surface area contributed by atoms with Gasteiger partial charge in [0.1, 0.15) is 0 Å². The number of thiocarbonyl (C=S) groups is 1. The number of hydrogen-bond acceptors (Lipinski definition) is 3. The van der Waals surface area contributed by atoms with Gasteiger partial charge in [-0.25, -0.2) is 0 Å². The number of ether oxygens (including phenoxy) is 2. The molecule has 21 heavy (non-hydrogen) atoms. The van der Waals surface area contributed by atoms with Crippen LogP contribution in [0.25, 0.3) is 0 Å². The van der Waals surface area contributed by atoms with E-state index >= 15 is 0 Å². The smallest absolute Gasteiger partial charge is 0.223 e. The molecule has 0 aliphatic carbocycles. The third-order valence-corrected chi connectivity index (χ3v) is 2.95. The zero-order valence-electron chi connectivity index (χ0n) is 12.9. The normalized spacial score (nSPS) is 10.4. The van der Waals surface area contributed by atoms with Crippen molar-refractivity contribution in [1.29, 1.82) is 0 Å². The third-order valence-electron chi connectivity index (χ3n) is 2.71. The lowest BCUT2D eigenvalue weighted by atomic mass is 10.2. The molecule has 0 saturated carbocycles. The van der Waals surface area contributed by atoms with E-state index in [1.165, 1.54) is 0 Å². The molecule has 0 bridgehead atoms. The summed E-state index contributed by atoms with van der Waals surface area (Å²) in [5.74, 6) is 1.48. The van der Waals surface area contributed by atoms with E-state index in [1.54, 1.807) is 7.11 Å². The van der Waals surface area contributed by atoms with Gasteiger partial charge in [-0.2, -0.15) is 0 Å². The number of unbranched alkanes of at least 4 members (excludes halogenated alkanes) is 1. The highest BCUT2D eigenvalue weighted by Crippen LogP contribution is 2.27. The lowest BCUT2D eigenvalue weighted by molar-refractivity contribution is -0.500. The van der Waals surface area contributed by atoms with Gasteiger partial charge in [-0.3, -0.25) is 0 Å². The fraction of sp³-hybridized carbons (Fsp3) is 0.467. The topological polar surface area (TPSA) is 56.5 Å². The van der Waals surface area contributed by atoms with Crippen molar-refractivity contribution in [2.45, 2.75) is 26.7 Å². The van der Waals surface area contributed by atoms with Crippen LogP contribution in [0.15, 0.2) is 18.2 Å². The molecule has 0 amide bonds. The van der Waals surface area contributed by atoms with Crippen LogP contribution in [0.2, 0.25) is 0 Å². The maximum Gasteiger partial charge on any atom is 0.223 e. The molecule has 0 spiro atoms. The van der Waals surface area contributed by atoms with Crippen LogP contribution in [-0.2, 0) is 0 Å². The molecule has 0 fully saturated rings. The van der Waals surface area contributed by atoms with Gasteiger partial charge < -0.3 is 14.8 Å². The van der Waals surface area contributed by atoms with E-state index in [1.807, 2.05) is 31.3 Å². The molecule has 0 radical (unpaired) electrons. The largest absolute Gasteiger partial charge is 0.493 e. The summed E-state index contributed by atoms with van der Waals surface area (Å²) in [6.07, 6.45) is 3.95. The first-order valence-corrected chi connectivity index (χ1v) is 7.55. The summed E-state index contributed by atoms with van der Waals surface area (Å²) in [7, 11) is 1.64. The van der Waals surface area contributed by atoms with Crippen LogP contribution in [0.4, 0.5) is 0 Å². The predicted molar refractivity (Wildman–Crippen MR) is 88.9 cm³/mol. The summed E-state index contributed by atoms with van der Waals surface area (Å²) in [5.41, 5.74) is 3.83. The number of hydrazine groups is 1. The minimum absolute atomic E-state index is 0.556. The molecule has 0 aromatic heterocycles. The zero-order valence-corrected chi connectivity index (χ0v) is 13.7. The number of rotatable bonds is 8. The molecule has 1 aromatic carbocycles. The van der Waals surface area contributed by atoms with Crippen LogP contribution in [0.3, 0.4) is 0 Å². The Morgan fingerprint density at radius 1 is 1.33 bits per heavy atom. The van der Waals surface area contributed by atoms with Crippen molar-refractivity contribution >= 4 is 23.5 Å². The molecular formula is C15H24N3O2S+. The summed E-state index contributed by atoms with van der Waals surface area (Å²) in [4.78, 5) is 0. The third kappa shape index (κ3) is 6.44. The molecule has 0 saturated heterocycles. The second kappa shape index (κ2) is 9.99. The highest BCUT2D eigenvalue weighted by atomic mass is 32.1. The van der Waals surface area contributed by atoms with E-state index < -0.39 is 0 Å². The lowest BCUT2D eigenvalue weighted by Crippen LogP contribution is -2.82. The SMILES string of the molecule is CCCCOc1ccc(C=[NH+]NC(=S)NCC)cc1OC. The minimum Gasteiger partial charge on any atom is -0.493 e. The van der Waals surface area contributed by atoms with Gasteiger partial charge >= 0.3 is 0 Å². The van der Waals surface area contributed by atoms with Gasteiger partial charge in [0.05, 0.1) is 13.7 Å². The predicted octanol–water partition coefficient (Wildman–Crippen LogP) is 0.773. The molecule has 0 atom stereocenters. The minimum atomic E-state index is 0.556. The van der Waals surface area contributed by atoms with Gasteiger partial charge in [-0.05, 0) is 43.8 Å². The van der Waals surface area contributed by atoms with Crippen molar-refractivity contribution in [3.63, 3.8) is 0 Å². The van der Waals surface area contributed by atoms with Gasteiger partial charge in [0.2, 0.25) is 5.11 Å². The monoisotopic (exact) mass is 310 g/mol. The average molecular weight is 310 g/mol. The van der Waals surface area contributed by atoms with Crippen molar-refractivity contribution in [2.75, 3.05) is 20.3 Å². The Morgan fingerprint density at radius 3 is 2.81 bits per heavy atom. The Bertz CT molecular complexity index is 478. The van der Waals surface area contributed by atoms with Crippen molar-refractivity contribution in [1.82, 2.24) is 10.7 Å². The van der Waals surface area contributed by atoms with E-state index in [-0.39, 0.29) is 0 Å². The first-order chi connectivity index (χ1) is 10.2. The van der Waals surface area contributed by atoms with Crippen LogP contribution in [-0.4, -0.2) is 31.6 Å². The Kier molecular flexibility index (Phi) is 8.19. The average Bonchev–Trinajstić information content (AvgIpc) is 2.49. The van der Waals surface area contributed by atoms with Crippen LogP contribution in [0.5, 0.6) is 11.5 Å². The number of methoxy groups -OCH3 is 1. The van der Waals surface area contributed by atoms with Gasteiger partial charge in [0.15, 0.2) is 17.7 Å². The molecule has 0 unspecified atom stereocenters. The standard InChI is InChI=1S/C15H23N3O2S/c1-4-6-9-20-13-8-7-12(10-14(13)19-3)11-17-18-15(21)16-5-2/h7-8,10-11H,4-6,9H2,1-3H3,(H2,16,18,21)/p+1. The Morgan fingerprint density at radius 2 is 2.14 bits per heavy atom. The summed E-state index contributed by atoms with van der Waals surface area (Å²) in [6.45, 7) is 5.60.